The van der Waals surface area contributed by atoms with Crippen LogP contribution in [-0.4, -0.2) is 33.9 Å². The van der Waals surface area contributed by atoms with Gasteiger partial charge in [-0.3, -0.25) is 0 Å². The molecule has 114 valence electrons. The Morgan fingerprint density at radius 2 is 1.95 bits per heavy atom. The zero-order valence-electron chi connectivity index (χ0n) is 11.8. The summed E-state index contributed by atoms with van der Waals surface area (Å²) in [6.45, 7) is 1.84. The second-order valence-corrected chi connectivity index (χ2v) is 5.60. The molecule has 0 spiro atoms. The molecule has 0 aromatic heterocycles. The van der Waals surface area contributed by atoms with E-state index in [1.54, 1.807) is 12.1 Å². The van der Waals surface area contributed by atoms with Crippen molar-refractivity contribution < 1.29 is 24.5 Å². The molecule has 1 unspecified atom stereocenters. The Balaban J connectivity index is 1.94. The van der Waals surface area contributed by atoms with Gasteiger partial charge in [0.2, 0.25) is 0 Å². The van der Waals surface area contributed by atoms with Gasteiger partial charge >= 0.3 is 12.1 Å². The standard InChI is InChI=1S/C15H19NO5/c1-15(7-2-8-15)21-14(20)16-12(13(18)19)9-10-3-5-11(17)6-4-10/h3-6,12,17H,2,7-9H2,1H3,(H,16,20)(H,18,19). The van der Waals surface area contributed by atoms with Gasteiger partial charge in [-0.05, 0) is 43.9 Å². The molecule has 1 saturated carbocycles. The summed E-state index contributed by atoms with van der Waals surface area (Å²) < 4.78 is 5.26. The number of aromatic hydroxyl groups is 1. The van der Waals surface area contributed by atoms with Crippen LogP contribution in [0.4, 0.5) is 4.79 Å². The molecule has 1 fully saturated rings. The maximum atomic E-state index is 11.8. The van der Waals surface area contributed by atoms with Crippen molar-refractivity contribution in [1.29, 1.82) is 0 Å². The van der Waals surface area contributed by atoms with Crippen molar-refractivity contribution >= 4 is 12.1 Å². The first-order chi connectivity index (χ1) is 9.88. The lowest BCUT2D eigenvalue weighted by atomic mass is 9.82. The number of hydrogen-bond donors (Lipinski definition) is 3. The average Bonchev–Trinajstić information content (AvgIpc) is 2.38. The predicted octanol–water partition coefficient (Wildman–Crippen LogP) is 2.06. The number of rotatable bonds is 5. The lowest BCUT2D eigenvalue weighted by Gasteiger charge is -2.37. The fraction of sp³-hybridized carbons (Fsp3) is 0.467. The van der Waals surface area contributed by atoms with Crippen LogP contribution < -0.4 is 5.32 Å². The molecule has 1 aromatic rings. The summed E-state index contributed by atoms with van der Waals surface area (Å²) in [5, 5.41) is 20.8. The minimum absolute atomic E-state index is 0.107. The third kappa shape index (κ3) is 4.11. The van der Waals surface area contributed by atoms with Crippen LogP contribution in [0.3, 0.4) is 0 Å². The Morgan fingerprint density at radius 1 is 1.33 bits per heavy atom. The van der Waals surface area contributed by atoms with E-state index in [0.717, 1.165) is 19.3 Å². The van der Waals surface area contributed by atoms with E-state index in [9.17, 15) is 19.8 Å². The average molecular weight is 293 g/mol. The number of aliphatic carboxylic acids is 1. The highest BCUT2D eigenvalue weighted by Gasteiger charge is 2.36. The number of benzene rings is 1. The molecule has 0 bridgehead atoms. The molecule has 1 aliphatic carbocycles. The molecule has 3 N–H and O–H groups in total. The summed E-state index contributed by atoms with van der Waals surface area (Å²) >= 11 is 0. The first-order valence-corrected chi connectivity index (χ1v) is 6.88. The normalized spacial score (nSPS) is 17.4. The third-order valence-corrected chi connectivity index (χ3v) is 3.72. The van der Waals surface area contributed by atoms with Gasteiger partial charge in [-0.25, -0.2) is 9.59 Å². The molecule has 1 amide bonds. The number of hydrogen-bond acceptors (Lipinski definition) is 4. The van der Waals surface area contributed by atoms with Crippen molar-refractivity contribution in [3.8, 4) is 5.75 Å². The Labute approximate surface area is 122 Å². The van der Waals surface area contributed by atoms with E-state index in [0.29, 0.717) is 5.56 Å². The molecule has 21 heavy (non-hydrogen) atoms. The number of carboxylic acid groups (broad SMARTS) is 1. The van der Waals surface area contributed by atoms with Crippen molar-refractivity contribution in [1.82, 2.24) is 5.32 Å². The van der Waals surface area contributed by atoms with E-state index >= 15 is 0 Å². The van der Waals surface area contributed by atoms with Crippen LogP contribution in [0.5, 0.6) is 5.75 Å². The summed E-state index contributed by atoms with van der Waals surface area (Å²) in [5.41, 5.74) is 0.237. The number of carbonyl (C=O) groups excluding carboxylic acids is 1. The lowest BCUT2D eigenvalue weighted by molar-refractivity contribution is -0.139. The predicted molar refractivity (Wildman–Crippen MR) is 75.1 cm³/mol. The monoisotopic (exact) mass is 293 g/mol. The van der Waals surface area contributed by atoms with Crippen LogP contribution in [0.1, 0.15) is 31.7 Å². The summed E-state index contributed by atoms with van der Waals surface area (Å²) in [5.74, 6) is -1.02. The number of nitrogens with one attached hydrogen (secondary N) is 1. The minimum atomic E-state index is -1.13. The van der Waals surface area contributed by atoms with Gasteiger partial charge in [-0.2, -0.15) is 0 Å². The first-order valence-electron chi connectivity index (χ1n) is 6.88. The number of phenolic OH excluding ortho intramolecular Hbond substituents is 1. The summed E-state index contributed by atoms with van der Waals surface area (Å²) in [6.07, 6.45) is 2.04. The highest BCUT2D eigenvalue weighted by molar-refractivity contribution is 5.80. The molecular formula is C15H19NO5. The summed E-state index contributed by atoms with van der Waals surface area (Å²) in [7, 11) is 0. The van der Waals surface area contributed by atoms with Crippen LogP contribution >= 0.6 is 0 Å². The van der Waals surface area contributed by atoms with E-state index in [1.807, 2.05) is 6.92 Å². The highest BCUT2D eigenvalue weighted by atomic mass is 16.6. The van der Waals surface area contributed by atoms with Crippen LogP contribution in [0.25, 0.3) is 0 Å². The van der Waals surface area contributed by atoms with Crippen molar-refractivity contribution in [3.63, 3.8) is 0 Å². The fourth-order valence-electron chi connectivity index (χ4n) is 2.24. The van der Waals surface area contributed by atoms with E-state index in [4.69, 9.17) is 4.74 Å². The molecule has 1 atom stereocenters. The summed E-state index contributed by atoms with van der Waals surface area (Å²) in [6, 6.07) is 5.12. The molecule has 0 radical (unpaired) electrons. The van der Waals surface area contributed by atoms with Crippen LogP contribution in [0.15, 0.2) is 24.3 Å². The van der Waals surface area contributed by atoms with Crippen LogP contribution in [-0.2, 0) is 16.0 Å². The van der Waals surface area contributed by atoms with Crippen LogP contribution in [0, 0.1) is 0 Å². The van der Waals surface area contributed by atoms with Crippen molar-refractivity contribution in [2.45, 2.75) is 44.2 Å². The van der Waals surface area contributed by atoms with Gasteiger partial charge in [-0.15, -0.1) is 0 Å². The van der Waals surface area contributed by atoms with Gasteiger partial charge in [-0.1, -0.05) is 12.1 Å². The van der Waals surface area contributed by atoms with E-state index in [2.05, 4.69) is 5.32 Å². The molecule has 1 aliphatic rings. The second-order valence-electron chi connectivity index (χ2n) is 5.60. The molecule has 0 heterocycles. The minimum Gasteiger partial charge on any atom is -0.508 e. The topological polar surface area (TPSA) is 95.9 Å². The summed E-state index contributed by atoms with van der Waals surface area (Å²) in [4.78, 5) is 23.0. The second kappa shape index (κ2) is 6.03. The Bertz CT molecular complexity index is 521. The van der Waals surface area contributed by atoms with Gasteiger partial charge in [0, 0.05) is 6.42 Å². The maximum absolute atomic E-state index is 11.8. The zero-order chi connectivity index (χ0) is 15.5. The molecule has 6 nitrogen and oxygen atoms in total. The number of phenols is 1. The Hall–Kier alpha value is -2.24. The van der Waals surface area contributed by atoms with Crippen LogP contribution in [0.2, 0.25) is 0 Å². The molecule has 1 aromatic carbocycles. The molecule has 0 saturated heterocycles. The highest BCUT2D eigenvalue weighted by Crippen LogP contribution is 2.34. The van der Waals surface area contributed by atoms with E-state index < -0.39 is 23.7 Å². The lowest BCUT2D eigenvalue weighted by Crippen LogP contribution is -2.47. The van der Waals surface area contributed by atoms with E-state index in [1.165, 1.54) is 12.1 Å². The van der Waals surface area contributed by atoms with E-state index in [-0.39, 0.29) is 12.2 Å². The smallest absolute Gasteiger partial charge is 0.408 e. The molecule has 2 rings (SSSR count). The molecular weight excluding hydrogens is 274 g/mol. The number of alkyl carbamates (subject to hydrolysis) is 1. The Kier molecular flexibility index (Phi) is 4.35. The number of carboxylic acids is 1. The molecule has 0 aliphatic heterocycles. The van der Waals surface area contributed by atoms with Crippen molar-refractivity contribution in [2.24, 2.45) is 0 Å². The fourth-order valence-corrected chi connectivity index (χ4v) is 2.24. The van der Waals surface area contributed by atoms with Gasteiger partial charge in [0.15, 0.2) is 0 Å². The SMILES string of the molecule is CC1(OC(=O)NC(Cc2ccc(O)cc2)C(=O)O)CCC1. The third-order valence-electron chi connectivity index (χ3n) is 3.72. The number of ether oxygens (including phenoxy) is 1. The number of amides is 1. The van der Waals surface area contributed by atoms with Crippen molar-refractivity contribution in [2.75, 3.05) is 0 Å². The van der Waals surface area contributed by atoms with Gasteiger partial charge in [0.1, 0.15) is 17.4 Å². The van der Waals surface area contributed by atoms with Crippen molar-refractivity contribution in [3.05, 3.63) is 29.8 Å². The zero-order valence-corrected chi connectivity index (χ0v) is 11.8. The maximum Gasteiger partial charge on any atom is 0.408 e. The van der Waals surface area contributed by atoms with Gasteiger partial charge in [0.05, 0.1) is 0 Å². The molecule has 6 heteroatoms. The van der Waals surface area contributed by atoms with Gasteiger partial charge < -0.3 is 20.3 Å². The number of carbonyl (C=O) groups is 2. The largest absolute Gasteiger partial charge is 0.508 e. The van der Waals surface area contributed by atoms with Gasteiger partial charge in [0.25, 0.3) is 0 Å². The Morgan fingerprint density at radius 3 is 2.43 bits per heavy atom. The quantitative estimate of drug-likeness (QED) is 0.772. The first kappa shape index (κ1) is 15.2.